The number of amides is 1. The van der Waals surface area contributed by atoms with Gasteiger partial charge in [0.05, 0.1) is 29.0 Å². The first kappa shape index (κ1) is 17.5. The number of hydrogen-bond acceptors (Lipinski definition) is 5. The van der Waals surface area contributed by atoms with E-state index >= 15 is 0 Å². The van der Waals surface area contributed by atoms with Gasteiger partial charge in [0.25, 0.3) is 5.91 Å². The first-order valence-electron chi connectivity index (χ1n) is 7.89. The Kier molecular flexibility index (Phi) is 5.94. The zero-order valence-electron chi connectivity index (χ0n) is 13.1. The van der Waals surface area contributed by atoms with Gasteiger partial charge in [-0.1, -0.05) is 34.4 Å². The van der Waals surface area contributed by atoms with Gasteiger partial charge in [-0.05, 0) is 12.1 Å². The summed E-state index contributed by atoms with van der Waals surface area (Å²) in [6.07, 6.45) is -0.180. The molecule has 1 fully saturated rings. The quantitative estimate of drug-likeness (QED) is 0.858. The van der Waals surface area contributed by atoms with Crippen molar-refractivity contribution in [1.82, 2.24) is 10.2 Å². The lowest BCUT2D eigenvalue weighted by Gasteiger charge is -2.26. The maximum absolute atomic E-state index is 12.2. The molecule has 1 N–H and O–H groups in total. The molecule has 1 atom stereocenters. The maximum Gasteiger partial charge on any atom is 0.264 e. The summed E-state index contributed by atoms with van der Waals surface area (Å²) < 4.78 is 5.30. The molecule has 1 amide bonds. The molecule has 0 aliphatic carbocycles. The fourth-order valence-corrected chi connectivity index (χ4v) is 2.94. The van der Waals surface area contributed by atoms with Crippen molar-refractivity contribution in [3.63, 3.8) is 0 Å². The van der Waals surface area contributed by atoms with E-state index in [9.17, 15) is 4.79 Å². The molecule has 3 rings (SSSR count). The lowest BCUT2D eigenvalue weighted by molar-refractivity contribution is -0.131. The van der Waals surface area contributed by atoms with Gasteiger partial charge in [-0.15, -0.1) is 0 Å². The Morgan fingerprint density at radius 3 is 2.83 bits per heavy atom. The van der Waals surface area contributed by atoms with E-state index in [0.717, 1.165) is 38.4 Å². The normalized spacial score (nSPS) is 21.2. The highest BCUT2D eigenvalue weighted by Gasteiger charge is 2.29. The zero-order valence-corrected chi connectivity index (χ0v) is 14.6. The van der Waals surface area contributed by atoms with Crippen molar-refractivity contribution < 1.29 is 14.4 Å². The van der Waals surface area contributed by atoms with Crippen LogP contribution in [0.1, 0.15) is 12.0 Å². The Morgan fingerprint density at radius 2 is 2.08 bits per heavy atom. The van der Waals surface area contributed by atoms with Crippen LogP contribution in [0.25, 0.3) is 0 Å². The topological polar surface area (TPSA) is 63.2 Å². The van der Waals surface area contributed by atoms with Gasteiger partial charge < -0.3 is 14.9 Å². The molecule has 1 aromatic rings. The summed E-state index contributed by atoms with van der Waals surface area (Å²) >= 11 is 11.9. The fourth-order valence-electron chi connectivity index (χ4n) is 2.64. The molecule has 0 spiro atoms. The number of rotatable bonds is 5. The van der Waals surface area contributed by atoms with E-state index in [0.29, 0.717) is 28.7 Å². The first-order chi connectivity index (χ1) is 11.6. The molecule has 2 heterocycles. The third-order valence-electron chi connectivity index (χ3n) is 4.05. The molecule has 2 aliphatic rings. The summed E-state index contributed by atoms with van der Waals surface area (Å²) in [6.45, 7) is 4.70. The lowest BCUT2D eigenvalue weighted by Crippen LogP contribution is -2.43. The van der Waals surface area contributed by atoms with E-state index in [4.69, 9.17) is 32.8 Å². The Hall–Kier alpha value is -1.34. The summed E-state index contributed by atoms with van der Waals surface area (Å²) in [4.78, 5) is 19.7. The van der Waals surface area contributed by atoms with Gasteiger partial charge in [0, 0.05) is 38.2 Å². The molecule has 1 saturated heterocycles. The van der Waals surface area contributed by atoms with E-state index in [1.807, 2.05) is 6.07 Å². The third kappa shape index (κ3) is 4.39. The average Bonchev–Trinajstić information content (AvgIpc) is 3.08. The predicted octanol–water partition coefficient (Wildman–Crippen LogP) is 1.93. The van der Waals surface area contributed by atoms with E-state index < -0.39 is 6.10 Å². The van der Waals surface area contributed by atoms with Gasteiger partial charge >= 0.3 is 0 Å². The zero-order chi connectivity index (χ0) is 16.9. The number of benzene rings is 1. The summed E-state index contributed by atoms with van der Waals surface area (Å²) in [6, 6.07) is 5.25. The van der Waals surface area contributed by atoms with Crippen LogP contribution in [0.2, 0.25) is 10.0 Å². The van der Waals surface area contributed by atoms with Crippen LogP contribution in [-0.4, -0.2) is 62.0 Å². The number of carbonyl (C=O) groups is 1. The molecule has 0 bridgehead atoms. The van der Waals surface area contributed by atoms with Crippen LogP contribution in [0.3, 0.4) is 0 Å². The highest BCUT2D eigenvalue weighted by molar-refractivity contribution is 6.42. The van der Waals surface area contributed by atoms with Crippen molar-refractivity contribution in [2.75, 3.05) is 39.4 Å². The first-order valence-corrected chi connectivity index (χ1v) is 8.65. The minimum Gasteiger partial charge on any atom is -0.382 e. The van der Waals surface area contributed by atoms with Crippen molar-refractivity contribution >= 4 is 34.8 Å². The molecule has 0 radical (unpaired) electrons. The van der Waals surface area contributed by atoms with Gasteiger partial charge in [0.2, 0.25) is 6.10 Å². The van der Waals surface area contributed by atoms with Crippen LogP contribution in [0.15, 0.2) is 23.4 Å². The second kappa shape index (κ2) is 8.16. The Morgan fingerprint density at radius 1 is 1.29 bits per heavy atom. The minimum atomic E-state index is -0.598. The monoisotopic (exact) mass is 371 g/mol. The molecular weight excluding hydrogens is 353 g/mol. The van der Waals surface area contributed by atoms with Crippen molar-refractivity contribution in [2.24, 2.45) is 5.16 Å². The van der Waals surface area contributed by atoms with E-state index in [1.165, 1.54) is 0 Å². The van der Waals surface area contributed by atoms with Gasteiger partial charge in [0.1, 0.15) is 0 Å². The molecule has 1 aromatic carbocycles. The smallest absolute Gasteiger partial charge is 0.264 e. The van der Waals surface area contributed by atoms with Gasteiger partial charge in [0.15, 0.2) is 0 Å². The van der Waals surface area contributed by atoms with Crippen LogP contribution in [-0.2, 0) is 14.4 Å². The summed E-state index contributed by atoms with van der Waals surface area (Å²) in [5, 5.41) is 7.84. The number of carbonyl (C=O) groups excluding carboxylic acids is 1. The number of halogens is 2. The summed E-state index contributed by atoms with van der Waals surface area (Å²) in [7, 11) is 0. The Labute approximate surface area is 150 Å². The molecule has 1 unspecified atom stereocenters. The van der Waals surface area contributed by atoms with E-state index in [2.05, 4.69) is 15.4 Å². The van der Waals surface area contributed by atoms with Gasteiger partial charge in [-0.3, -0.25) is 9.69 Å². The SMILES string of the molecule is O=C(NCCN1CCOCC1)C1CC(c2ccc(Cl)c(Cl)c2)=NO1. The number of nitrogens with zero attached hydrogens (tertiary/aromatic N) is 2. The Balaban J connectivity index is 1.45. The number of nitrogens with one attached hydrogen (secondary N) is 1. The van der Waals surface area contributed by atoms with Crippen LogP contribution in [0.4, 0.5) is 0 Å². The van der Waals surface area contributed by atoms with Crippen molar-refractivity contribution in [3.8, 4) is 0 Å². The summed E-state index contributed by atoms with van der Waals surface area (Å²) in [5.41, 5.74) is 1.51. The average molecular weight is 372 g/mol. The van der Waals surface area contributed by atoms with Crippen LogP contribution in [0.5, 0.6) is 0 Å². The third-order valence-corrected chi connectivity index (χ3v) is 4.78. The van der Waals surface area contributed by atoms with E-state index in [1.54, 1.807) is 12.1 Å². The standard InChI is InChI=1S/C16H19Cl2N3O3/c17-12-2-1-11(9-13(12)18)14-10-15(24-20-14)16(22)19-3-4-21-5-7-23-8-6-21/h1-2,9,15H,3-8,10H2,(H,19,22). The fraction of sp³-hybridized carbons (Fsp3) is 0.500. The van der Waals surface area contributed by atoms with E-state index in [-0.39, 0.29) is 5.91 Å². The van der Waals surface area contributed by atoms with Crippen molar-refractivity contribution in [1.29, 1.82) is 0 Å². The molecule has 130 valence electrons. The number of hydrogen-bond donors (Lipinski definition) is 1. The van der Waals surface area contributed by atoms with Crippen molar-refractivity contribution in [2.45, 2.75) is 12.5 Å². The highest BCUT2D eigenvalue weighted by Crippen LogP contribution is 2.25. The minimum absolute atomic E-state index is 0.151. The number of ether oxygens (including phenoxy) is 1. The van der Waals surface area contributed by atoms with Crippen molar-refractivity contribution in [3.05, 3.63) is 33.8 Å². The van der Waals surface area contributed by atoms with Crippen LogP contribution >= 0.6 is 23.2 Å². The molecule has 0 saturated carbocycles. The number of morpholine rings is 1. The predicted molar refractivity (Wildman–Crippen MR) is 92.8 cm³/mol. The second-order valence-corrected chi connectivity index (χ2v) is 6.52. The molecule has 8 heteroatoms. The molecular formula is C16H19Cl2N3O3. The molecule has 24 heavy (non-hydrogen) atoms. The maximum atomic E-state index is 12.2. The largest absolute Gasteiger partial charge is 0.382 e. The highest BCUT2D eigenvalue weighted by atomic mass is 35.5. The molecule has 0 aromatic heterocycles. The van der Waals surface area contributed by atoms with Gasteiger partial charge in [-0.2, -0.15) is 0 Å². The summed E-state index contributed by atoms with van der Waals surface area (Å²) in [5.74, 6) is -0.151. The van der Waals surface area contributed by atoms with Crippen LogP contribution in [0, 0.1) is 0 Å². The number of oxime groups is 1. The van der Waals surface area contributed by atoms with Gasteiger partial charge in [-0.25, -0.2) is 0 Å². The van der Waals surface area contributed by atoms with Crippen LogP contribution < -0.4 is 5.32 Å². The Bertz CT molecular complexity index is 633. The molecule has 6 nitrogen and oxygen atoms in total. The lowest BCUT2D eigenvalue weighted by atomic mass is 10.0. The molecule has 2 aliphatic heterocycles. The second-order valence-electron chi connectivity index (χ2n) is 5.71.